The van der Waals surface area contributed by atoms with E-state index in [4.69, 9.17) is 4.74 Å². The summed E-state index contributed by atoms with van der Waals surface area (Å²) in [4.78, 5) is 25.0. The van der Waals surface area contributed by atoms with Crippen LogP contribution in [0.1, 0.15) is 16.1 Å². The SMILES string of the molecule is O=C(c1ccccn1)N1CCN(Cc2ccc(Oc3nccs3)cc2)CC1. The minimum Gasteiger partial charge on any atom is -0.431 e. The van der Waals surface area contributed by atoms with E-state index >= 15 is 0 Å². The summed E-state index contributed by atoms with van der Waals surface area (Å²) < 4.78 is 5.69. The highest BCUT2D eigenvalue weighted by Crippen LogP contribution is 2.23. The summed E-state index contributed by atoms with van der Waals surface area (Å²) in [5.41, 5.74) is 1.74. The number of hydrogen-bond donors (Lipinski definition) is 0. The van der Waals surface area contributed by atoms with Crippen molar-refractivity contribution < 1.29 is 9.53 Å². The Bertz CT molecular complexity index is 861. The van der Waals surface area contributed by atoms with Crippen LogP contribution in [0.5, 0.6) is 10.9 Å². The second-order valence-corrected chi connectivity index (χ2v) is 7.18. The number of nitrogens with zero attached hydrogens (tertiary/aromatic N) is 4. The van der Waals surface area contributed by atoms with Crippen molar-refractivity contribution in [3.8, 4) is 10.9 Å². The molecule has 0 spiro atoms. The molecule has 1 aromatic carbocycles. The number of thiazole rings is 1. The molecule has 0 saturated carbocycles. The molecule has 3 aromatic rings. The minimum absolute atomic E-state index is 0.0129. The van der Waals surface area contributed by atoms with E-state index in [0.717, 1.165) is 38.5 Å². The summed E-state index contributed by atoms with van der Waals surface area (Å²) in [6.07, 6.45) is 3.39. The fraction of sp³-hybridized carbons (Fsp3) is 0.250. The number of pyridine rings is 1. The van der Waals surface area contributed by atoms with Gasteiger partial charge >= 0.3 is 0 Å². The highest BCUT2D eigenvalue weighted by atomic mass is 32.1. The zero-order valence-corrected chi connectivity index (χ0v) is 15.6. The van der Waals surface area contributed by atoms with E-state index in [0.29, 0.717) is 10.9 Å². The Labute approximate surface area is 162 Å². The monoisotopic (exact) mass is 380 g/mol. The van der Waals surface area contributed by atoms with Crippen LogP contribution in [-0.2, 0) is 6.54 Å². The molecule has 1 aliphatic heterocycles. The van der Waals surface area contributed by atoms with Gasteiger partial charge in [-0.15, -0.1) is 0 Å². The van der Waals surface area contributed by atoms with Crippen LogP contribution in [0.4, 0.5) is 0 Å². The van der Waals surface area contributed by atoms with Crippen molar-refractivity contribution in [1.29, 1.82) is 0 Å². The van der Waals surface area contributed by atoms with E-state index < -0.39 is 0 Å². The van der Waals surface area contributed by atoms with Crippen LogP contribution in [-0.4, -0.2) is 51.9 Å². The van der Waals surface area contributed by atoms with Crippen molar-refractivity contribution in [1.82, 2.24) is 19.8 Å². The normalized spacial score (nSPS) is 14.9. The lowest BCUT2D eigenvalue weighted by Gasteiger charge is -2.34. The second kappa shape index (κ2) is 8.28. The first-order valence-electron chi connectivity index (χ1n) is 8.87. The van der Waals surface area contributed by atoms with Crippen LogP contribution < -0.4 is 4.74 Å². The van der Waals surface area contributed by atoms with Crippen molar-refractivity contribution in [2.24, 2.45) is 0 Å². The summed E-state index contributed by atoms with van der Waals surface area (Å²) in [6, 6.07) is 13.5. The van der Waals surface area contributed by atoms with Gasteiger partial charge in [-0.1, -0.05) is 29.5 Å². The number of rotatable bonds is 5. The summed E-state index contributed by atoms with van der Waals surface area (Å²) in [7, 11) is 0. The van der Waals surface area contributed by atoms with Crippen LogP contribution in [0, 0.1) is 0 Å². The molecule has 1 saturated heterocycles. The highest BCUT2D eigenvalue weighted by Gasteiger charge is 2.22. The molecular formula is C20H20N4O2S. The maximum Gasteiger partial charge on any atom is 0.278 e. The van der Waals surface area contributed by atoms with Crippen LogP contribution in [0.15, 0.2) is 60.2 Å². The molecule has 0 bridgehead atoms. The molecule has 7 heteroatoms. The quantitative estimate of drug-likeness (QED) is 0.680. The molecule has 0 N–H and O–H groups in total. The maximum absolute atomic E-state index is 12.5. The van der Waals surface area contributed by atoms with E-state index in [-0.39, 0.29) is 5.91 Å². The predicted molar refractivity (Wildman–Crippen MR) is 104 cm³/mol. The fourth-order valence-electron chi connectivity index (χ4n) is 3.04. The molecule has 0 unspecified atom stereocenters. The van der Waals surface area contributed by atoms with Gasteiger partial charge in [-0.05, 0) is 29.8 Å². The highest BCUT2D eigenvalue weighted by molar-refractivity contribution is 7.11. The standard InChI is InChI=1S/C20H20N4O2S/c25-19(18-3-1-2-8-21-18)24-12-10-23(11-13-24)15-16-4-6-17(7-5-16)26-20-22-9-14-27-20/h1-9,14H,10-13,15H2. The van der Waals surface area contributed by atoms with Crippen LogP contribution in [0.3, 0.4) is 0 Å². The topological polar surface area (TPSA) is 58.6 Å². The first-order chi connectivity index (χ1) is 13.3. The number of ether oxygens (including phenoxy) is 1. The van der Waals surface area contributed by atoms with Gasteiger partial charge in [0, 0.05) is 50.5 Å². The molecule has 2 aromatic heterocycles. The van der Waals surface area contributed by atoms with Crippen LogP contribution in [0.2, 0.25) is 0 Å². The van der Waals surface area contributed by atoms with Gasteiger partial charge in [0.15, 0.2) is 0 Å². The summed E-state index contributed by atoms with van der Waals surface area (Å²) in [6.45, 7) is 4.02. The lowest BCUT2D eigenvalue weighted by molar-refractivity contribution is 0.0622. The molecule has 3 heterocycles. The van der Waals surface area contributed by atoms with Gasteiger partial charge in [0.2, 0.25) is 0 Å². The third-order valence-electron chi connectivity index (χ3n) is 4.49. The summed E-state index contributed by atoms with van der Waals surface area (Å²) in [5.74, 6) is 0.804. The lowest BCUT2D eigenvalue weighted by atomic mass is 10.2. The van der Waals surface area contributed by atoms with Crippen molar-refractivity contribution in [2.75, 3.05) is 26.2 Å². The number of carbonyl (C=O) groups is 1. The Morgan fingerprint density at radius 2 is 1.81 bits per heavy atom. The molecule has 0 radical (unpaired) electrons. The molecule has 6 nitrogen and oxygen atoms in total. The van der Waals surface area contributed by atoms with Crippen molar-refractivity contribution >= 4 is 17.2 Å². The Hall–Kier alpha value is -2.77. The smallest absolute Gasteiger partial charge is 0.278 e. The number of hydrogen-bond acceptors (Lipinski definition) is 6. The summed E-state index contributed by atoms with van der Waals surface area (Å²) in [5, 5.41) is 2.54. The zero-order valence-electron chi connectivity index (χ0n) is 14.8. The minimum atomic E-state index is 0.0129. The average Bonchev–Trinajstić information content (AvgIpc) is 3.23. The fourth-order valence-corrected chi connectivity index (χ4v) is 3.55. The van der Waals surface area contributed by atoms with E-state index in [2.05, 4.69) is 27.0 Å². The largest absolute Gasteiger partial charge is 0.431 e. The third-order valence-corrected chi connectivity index (χ3v) is 5.14. The van der Waals surface area contributed by atoms with E-state index in [1.807, 2.05) is 34.5 Å². The molecule has 1 aliphatic rings. The number of piperazine rings is 1. The first-order valence-corrected chi connectivity index (χ1v) is 9.75. The van der Waals surface area contributed by atoms with Crippen LogP contribution in [0.25, 0.3) is 0 Å². The molecule has 0 aliphatic carbocycles. The molecule has 138 valence electrons. The van der Waals surface area contributed by atoms with Gasteiger partial charge in [-0.2, -0.15) is 0 Å². The zero-order chi connectivity index (χ0) is 18.5. The molecule has 4 rings (SSSR count). The molecule has 27 heavy (non-hydrogen) atoms. The first kappa shape index (κ1) is 17.6. The van der Waals surface area contributed by atoms with Gasteiger partial charge in [-0.3, -0.25) is 14.7 Å². The van der Waals surface area contributed by atoms with Gasteiger partial charge < -0.3 is 9.64 Å². The number of aromatic nitrogens is 2. The van der Waals surface area contributed by atoms with Crippen molar-refractivity contribution in [2.45, 2.75) is 6.54 Å². The predicted octanol–water partition coefficient (Wildman–Crippen LogP) is 3.29. The van der Waals surface area contributed by atoms with E-state index in [1.165, 1.54) is 16.9 Å². The maximum atomic E-state index is 12.5. The Kier molecular flexibility index (Phi) is 5.41. The number of carbonyl (C=O) groups excluding carboxylic acids is 1. The van der Waals surface area contributed by atoms with E-state index in [1.54, 1.807) is 18.5 Å². The number of amides is 1. The average molecular weight is 380 g/mol. The third kappa shape index (κ3) is 4.50. The summed E-state index contributed by atoms with van der Waals surface area (Å²) >= 11 is 1.47. The van der Waals surface area contributed by atoms with Gasteiger partial charge in [0.1, 0.15) is 11.4 Å². The lowest BCUT2D eigenvalue weighted by Crippen LogP contribution is -2.48. The van der Waals surface area contributed by atoms with Crippen molar-refractivity contribution in [3.63, 3.8) is 0 Å². The van der Waals surface area contributed by atoms with E-state index in [9.17, 15) is 4.79 Å². The number of benzene rings is 1. The molecular weight excluding hydrogens is 360 g/mol. The van der Waals surface area contributed by atoms with Crippen LogP contribution >= 0.6 is 11.3 Å². The molecule has 0 atom stereocenters. The molecule has 1 amide bonds. The van der Waals surface area contributed by atoms with Gasteiger partial charge in [0.05, 0.1) is 0 Å². The second-order valence-electron chi connectivity index (χ2n) is 6.33. The Balaban J connectivity index is 1.28. The van der Waals surface area contributed by atoms with Gasteiger partial charge in [-0.25, -0.2) is 4.98 Å². The Morgan fingerprint density at radius 3 is 2.48 bits per heavy atom. The van der Waals surface area contributed by atoms with Gasteiger partial charge in [0.25, 0.3) is 11.1 Å². The molecule has 1 fully saturated rings. The van der Waals surface area contributed by atoms with Crippen molar-refractivity contribution in [3.05, 3.63) is 71.5 Å². The Morgan fingerprint density at radius 1 is 1.00 bits per heavy atom.